The van der Waals surface area contributed by atoms with Crippen LogP contribution in [0.1, 0.15) is 31.4 Å². The highest BCUT2D eigenvalue weighted by Gasteiger charge is 2.07. The first kappa shape index (κ1) is 25.7. The highest BCUT2D eigenvalue weighted by atomic mass is 35.5. The summed E-state index contributed by atoms with van der Waals surface area (Å²) in [6.07, 6.45) is 7.61. The van der Waals surface area contributed by atoms with Crippen LogP contribution in [0.3, 0.4) is 0 Å². The third kappa shape index (κ3) is 7.83. The fraction of sp³-hybridized carbons (Fsp3) is 0.308. The Bertz CT molecular complexity index is 1280. The summed E-state index contributed by atoms with van der Waals surface area (Å²) >= 11 is 11.9. The van der Waals surface area contributed by atoms with Gasteiger partial charge in [0.2, 0.25) is 5.91 Å². The van der Waals surface area contributed by atoms with Gasteiger partial charge >= 0.3 is 0 Å². The van der Waals surface area contributed by atoms with E-state index in [1.54, 1.807) is 36.7 Å². The minimum Gasteiger partial charge on any atom is -0.487 e. The van der Waals surface area contributed by atoms with Crippen molar-refractivity contribution in [2.75, 3.05) is 18.4 Å². The number of carbonyl (C=O) groups is 1. The standard InChI is InChI=1S/C26H28Cl2N6O2/c27-19-5-8-22(9-6-19)36-18-21-16-34(33-32-21)17-26(35)31-13-4-2-1-3-12-29-24-11-14-30-25-15-20(28)7-10-23(24)25/h5-11,14-16H,1-4,12-13,17-18H2,(H,29,30)(H,31,35). The summed E-state index contributed by atoms with van der Waals surface area (Å²) in [5.74, 6) is 0.607. The fourth-order valence-electron chi connectivity index (χ4n) is 3.70. The summed E-state index contributed by atoms with van der Waals surface area (Å²) in [7, 11) is 0. The SMILES string of the molecule is O=C(Cn1cc(COc2ccc(Cl)cc2)nn1)NCCCCCCNc1ccnc2cc(Cl)ccc12. The molecule has 188 valence electrons. The van der Waals surface area contributed by atoms with Crippen LogP contribution >= 0.6 is 23.2 Å². The van der Waals surface area contributed by atoms with Gasteiger partial charge in [-0.25, -0.2) is 4.68 Å². The number of unbranched alkanes of at least 4 members (excludes halogenated alkanes) is 3. The number of ether oxygens (including phenoxy) is 1. The van der Waals surface area contributed by atoms with Crippen LogP contribution < -0.4 is 15.4 Å². The molecule has 0 unspecified atom stereocenters. The molecule has 2 heterocycles. The Balaban J connectivity index is 1.06. The van der Waals surface area contributed by atoms with E-state index in [-0.39, 0.29) is 19.1 Å². The number of nitrogens with one attached hydrogen (secondary N) is 2. The van der Waals surface area contributed by atoms with E-state index in [0.29, 0.717) is 28.0 Å². The zero-order valence-electron chi connectivity index (χ0n) is 19.8. The zero-order valence-corrected chi connectivity index (χ0v) is 21.3. The molecular formula is C26H28Cl2N6O2. The molecule has 10 heteroatoms. The molecule has 4 rings (SSSR count). The number of rotatable bonds is 13. The molecule has 0 saturated carbocycles. The summed E-state index contributed by atoms with van der Waals surface area (Å²) in [5, 5.41) is 16.9. The first-order valence-electron chi connectivity index (χ1n) is 11.9. The van der Waals surface area contributed by atoms with Gasteiger partial charge in [0.15, 0.2) is 0 Å². The van der Waals surface area contributed by atoms with Crippen LogP contribution in [0.2, 0.25) is 10.0 Å². The molecule has 36 heavy (non-hydrogen) atoms. The predicted molar refractivity (Wildman–Crippen MR) is 143 cm³/mol. The Labute approximate surface area is 220 Å². The maximum Gasteiger partial charge on any atom is 0.241 e. The van der Waals surface area contributed by atoms with E-state index in [1.165, 1.54) is 4.68 Å². The molecule has 0 aliphatic carbocycles. The lowest BCUT2D eigenvalue weighted by molar-refractivity contribution is -0.121. The van der Waals surface area contributed by atoms with Crippen LogP contribution in [-0.2, 0) is 17.9 Å². The minimum absolute atomic E-state index is 0.0867. The maximum absolute atomic E-state index is 12.2. The van der Waals surface area contributed by atoms with Crippen molar-refractivity contribution in [1.82, 2.24) is 25.3 Å². The van der Waals surface area contributed by atoms with E-state index in [0.717, 1.165) is 48.8 Å². The molecule has 8 nitrogen and oxygen atoms in total. The first-order chi connectivity index (χ1) is 17.6. The molecule has 2 aromatic heterocycles. The van der Waals surface area contributed by atoms with Crippen molar-refractivity contribution in [3.63, 3.8) is 0 Å². The number of fused-ring (bicyclic) bond motifs is 1. The molecule has 0 saturated heterocycles. The average molecular weight is 527 g/mol. The molecule has 0 atom stereocenters. The van der Waals surface area contributed by atoms with E-state index in [9.17, 15) is 4.79 Å². The molecule has 2 N–H and O–H groups in total. The number of anilines is 1. The number of halogens is 2. The van der Waals surface area contributed by atoms with E-state index in [2.05, 4.69) is 25.9 Å². The van der Waals surface area contributed by atoms with Crippen LogP contribution in [0.5, 0.6) is 5.75 Å². The Hall–Kier alpha value is -3.36. The zero-order chi connectivity index (χ0) is 25.2. The number of amides is 1. The highest BCUT2D eigenvalue weighted by molar-refractivity contribution is 6.31. The molecule has 4 aromatic rings. The lowest BCUT2D eigenvalue weighted by atomic mass is 10.1. The van der Waals surface area contributed by atoms with Crippen molar-refractivity contribution in [2.24, 2.45) is 0 Å². The molecule has 0 aliphatic rings. The van der Waals surface area contributed by atoms with Gasteiger partial charge in [0.05, 0.1) is 11.7 Å². The van der Waals surface area contributed by atoms with E-state index in [4.69, 9.17) is 27.9 Å². The van der Waals surface area contributed by atoms with Gasteiger partial charge in [-0.3, -0.25) is 9.78 Å². The van der Waals surface area contributed by atoms with E-state index in [1.807, 2.05) is 24.3 Å². The Morgan fingerprint density at radius 3 is 2.56 bits per heavy atom. The van der Waals surface area contributed by atoms with Gasteiger partial charge in [0, 0.05) is 40.4 Å². The van der Waals surface area contributed by atoms with Crippen LogP contribution in [0.25, 0.3) is 10.9 Å². The predicted octanol–water partition coefficient (Wildman–Crippen LogP) is 5.50. The lowest BCUT2D eigenvalue weighted by Gasteiger charge is -2.10. The van der Waals surface area contributed by atoms with Crippen LogP contribution in [0.4, 0.5) is 5.69 Å². The molecule has 0 radical (unpaired) electrons. The molecule has 0 aliphatic heterocycles. The van der Waals surface area contributed by atoms with E-state index < -0.39 is 0 Å². The fourth-order valence-corrected chi connectivity index (χ4v) is 4.00. The maximum atomic E-state index is 12.2. The number of aromatic nitrogens is 4. The number of pyridine rings is 1. The minimum atomic E-state index is -0.0867. The molecule has 2 aromatic carbocycles. The van der Waals surface area contributed by atoms with Crippen molar-refractivity contribution in [2.45, 2.75) is 38.8 Å². The topological polar surface area (TPSA) is 94.0 Å². The van der Waals surface area contributed by atoms with Gasteiger partial charge in [-0.1, -0.05) is 41.3 Å². The summed E-state index contributed by atoms with van der Waals surface area (Å²) in [6.45, 7) is 1.92. The van der Waals surface area contributed by atoms with Crippen molar-refractivity contribution >= 4 is 45.7 Å². The second-order valence-corrected chi connectivity index (χ2v) is 9.23. The number of carbonyl (C=O) groups excluding carboxylic acids is 1. The third-order valence-corrected chi connectivity index (χ3v) is 6.03. The molecule has 0 fully saturated rings. The second kappa shape index (κ2) is 13.1. The van der Waals surface area contributed by atoms with Crippen LogP contribution in [0.15, 0.2) is 60.9 Å². The first-order valence-corrected chi connectivity index (χ1v) is 12.6. The van der Waals surface area contributed by atoms with Gasteiger partial charge in [-0.05, 0) is 61.4 Å². The van der Waals surface area contributed by atoms with Crippen molar-refractivity contribution < 1.29 is 9.53 Å². The molecule has 1 amide bonds. The van der Waals surface area contributed by atoms with Gasteiger partial charge in [0.25, 0.3) is 0 Å². The van der Waals surface area contributed by atoms with Gasteiger partial charge < -0.3 is 15.4 Å². The Morgan fingerprint density at radius 2 is 1.72 bits per heavy atom. The Morgan fingerprint density at radius 1 is 0.944 bits per heavy atom. The highest BCUT2D eigenvalue weighted by Crippen LogP contribution is 2.24. The molecule has 0 spiro atoms. The summed E-state index contributed by atoms with van der Waals surface area (Å²) in [4.78, 5) is 16.6. The normalized spacial score (nSPS) is 10.9. The van der Waals surface area contributed by atoms with E-state index >= 15 is 0 Å². The summed E-state index contributed by atoms with van der Waals surface area (Å²) < 4.78 is 7.16. The van der Waals surface area contributed by atoms with Gasteiger partial charge in [0.1, 0.15) is 24.6 Å². The van der Waals surface area contributed by atoms with Gasteiger partial charge in [-0.2, -0.15) is 0 Å². The second-order valence-electron chi connectivity index (χ2n) is 8.36. The van der Waals surface area contributed by atoms with Gasteiger partial charge in [-0.15, -0.1) is 5.10 Å². The molecule has 0 bridgehead atoms. The monoisotopic (exact) mass is 526 g/mol. The van der Waals surface area contributed by atoms with Crippen LogP contribution in [0, 0.1) is 0 Å². The average Bonchev–Trinajstić information content (AvgIpc) is 3.32. The number of hydrogen-bond donors (Lipinski definition) is 2. The number of benzene rings is 2. The largest absolute Gasteiger partial charge is 0.487 e. The van der Waals surface area contributed by atoms with Crippen molar-refractivity contribution in [3.05, 3.63) is 76.7 Å². The third-order valence-electron chi connectivity index (χ3n) is 5.54. The summed E-state index contributed by atoms with van der Waals surface area (Å²) in [6, 6.07) is 14.8. The summed E-state index contributed by atoms with van der Waals surface area (Å²) in [5.41, 5.74) is 2.60. The van der Waals surface area contributed by atoms with Crippen molar-refractivity contribution in [1.29, 1.82) is 0 Å². The van der Waals surface area contributed by atoms with Crippen molar-refractivity contribution in [3.8, 4) is 5.75 Å². The quantitative estimate of drug-likeness (QED) is 0.223. The smallest absolute Gasteiger partial charge is 0.241 e. The molecular weight excluding hydrogens is 499 g/mol. The number of nitrogens with zero attached hydrogens (tertiary/aromatic N) is 4. The number of hydrogen-bond acceptors (Lipinski definition) is 6. The Kier molecular flexibility index (Phi) is 9.35. The van der Waals surface area contributed by atoms with Crippen LogP contribution in [-0.4, -0.2) is 39.0 Å². The lowest BCUT2D eigenvalue weighted by Crippen LogP contribution is -2.28.